The molecule has 0 amide bonds. The van der Waals surface area contributed by atoms with Crippen LogP contribution in [0.4, 0.5) is 14.6 Å². The van der Waals surface area contributed by atoms with Gasteiger partial charge in [-0.15, -0.1) is 5.10 Å². The van der Waals surface area contributed by atoms with Gasteiger partial charge in [-0.25, -0.2) is 13.5 Å². The van der Waals surface area contributed by atoms with Crippen molar-refractivity contribution < 1.29 is 28.1 Å². The van der Waals surface area contributed by atoms with Crippen LogP contribution in [0.1, 0.15) is 44.2 Å². The Hall–Kier alpha value is -2.58. The highest BCUT2D eigenvalue weighted by atomic mass is 32.1. The van der Waals surface area contributed by atoms with Gasteiger partial charge in [-0.2, -0.15) is 4.98 Å². The minimum Gasteiger partial charge on any atom is -0.394 e. The molecule has 3 heterocycles. The predicted molar refractivity (Wildman–Crippen MR) is 126 cm³/mol. The predicted octanol–water partition coefficient (Wildman–Crippen LogP) is 2.97. The first-order valence-electron chi connectivity index (χ1n) is 11.9. The molecule has 192 valence electrons. The second-order valence-corrected chi connectivity index (χ2v) is 10.3. The number of aliphatic hydroxyl groups is 1. The van der Waals surface area contributed by atoms with E-state index >= 15 is 0 Å². The normalized spacial score (nSPS) is 30.6. The van der Waals surface area contributed by atoms with Crippen LogP contribution in [0.5, 0.6) is 0 Å². The highest BCUT2D eigenvalue weighted by Crippen LogP contribution is 2.46. The van der Waals surface area contributed by atoms with Crippen molar-refractivity contribution in [3.8, 4) is 0 Å². The van der Waals surface area contributed by atoms with Crippen molar-refractivity contribution in [3.63, 3.8) is 0 Å². The topological polar surface area (TPSA) is 119 Å². The van der Waals surface area contributed by atoms with E-state index in [0.717, 1.165) is 18.1 Å². The summed E-state index contributed by atoms with van der Waals surface area (Å²) in [6, 6.07) is 3.71. The summed E-state index contributed by atoms with van der Waals surface area (Å²) in [5.41, 5.74) is 1.73. The van der Waals surface area contributed by atoms with E-state index in [0.29, 0.717) is 23.4 Å². The molecule has 1 aromatic carbocycles. The van der Waals surface area contributed by atoms with Gasteiger partial charge in [0.05, 0.1) is 25.4 Å². The first-order valence-corrected chi connectivity index (χ1v) is 12.3. The summed E-state index contributed by atoms with van der Waals surface area (Å²) >= 11 is 5.39. The number of fused-ring (bicyclic) bond motifs is 2. The van der Waals surface area contributed by atoms with E-state index in [4.69, 9.17) is 26.4 Å². The Labute approximate surface area is 210 Å². The number of anilines is 1. The molecule has 0 unspecified atom stereocenters. The van der Waals surface area contributed by atoms with E-state index in [9.17, 15) is 13.9 Å². The number of ether oxygens (including phenoxy) is 3. The Balaban J connectivity index is 1.28. The Morgan fingerprint density at radius 2 is 2.06 bits per heavy atom. The first kappa shape index (κ1) is 23.8. The molecule has 2 aromatic heterocycles. The molecule has 0 spiro atoms. The number of aromatic amines is 1. The second-order valence-electron chi connectivity index (χ2n) is 9.89. The summed E-state index contributed by atoms with van der Waals surface area (Å²) in [4.78, 5) is 7.54. The Kier molecular flexibility index (Phi) is 5.80. The molecule has 3 aliphatic rings. The van der Waals surface area contributed by atoms with E-state index < -0.39 is 17.4 Å². The average Bonchev–Trinajstić information content (AvgIpc) is 3.16. The lowest BCUT2D eigenvalue weighted by molar-refractivity contribution is -0.171. The van der Waals surface area contributed by atoms with E-state index in [2.05, 4.69) is 25.6 Å². The van der Waals surface area contributed by atoms with Gasteiger partial charge in [0.25, 0.3) is 0 Å². The molecule has 3 fully saturated rings. The second kappa shape index (κ2) is 8.77. The molecule has 2 saturated carbocycles. The van der Waals surface area contributed by atoms with Crippen LogP contribution in [0.25, 0.3) is 11.2 Å². The number of hydrogen-bond donors (Lipinski definition) is 3. The Morgan fingerprint density at radius 1 is 1.25 bits per heavy atom. The SMILES string of the molecule is CC1(C)O[C@@H]2[C@H](O1)[C@@H](OCCO)C[C@H]2n1nnc2c(N[C@@H]3C[C@H]3c3ccc(F)c(F)c3)[nH]c(=S)nc21. The largest absolute Gasteiger partial charge is 0.394 e. The van der Waals surface area contributed by atoms with Crippen molar-refractivity contribution in [2.75, 3.05) is 18.5 Å². The van der Waals surface area contributed by atoms with Gasteiger partial charge in [-0.05, 0) is 50.2 Å². The molecule has 3 aromatic rings. The lowest BCUT2D eigenvalue weighted by atomic mass is 10.1. The molecule has 0 radical (unpaired) electrons. The number of hydrogen-bond acceptors (Lipinski definition) is 9. The molecule has 0 bridgehead atoms. The van der Waals surface area contributed by atoms with Crippen LogP contribution >= 0.6 is 12.2 Å². The van der Waals surface area contributed by atoms with Crippen molar-refractivity contribution in [1.29, 1.82) is 0 Å². The number of nitrogens with one attached hydrogen (secondary N) is 2. The van der Waals surface area contributed by atoms with Crippen LogP contribution in [-0.2, 0) is 14.2 Å². The Bertz CT molecular complexity index is 1370. The average molecular weight is 521 g/mol. The van der Waals surface area contributed by atoms with Gasteiger partial charge in [-0.3, -0.25) is 0 Å². The third kappa shape index (κ3) is 4.18. The number of rotatable bonds is 7. The molecule has 6 atom stereocenters. The van der Waals surface area contributed by atoms with Crippen molar-refractivity contribution in [1.82, 2.24) is 25.0 Å². The summed E-state index contributed by atoms with van der Waals surface area (Å²) < 4.78 is 47.1. The third-order valence-electron chi connectivity index (χ3n) is 6.96. The van der Waals surface area contributed by atoms with Crippen LogP contribution in [-0.4, -0.2) is 73.4 Å². The van der Waals surface area contributed by atoms with Crippen molar-refractivity contribution in [2.45, 2.75) is 68.8 Å². The number of benzene rings is 1. The zero-order valence-corrected chi connectivity index (χ0v) is 20.5. The number of H-pyrrole nitrogens is 1. The summed E-state index contributed by atoms with van der Waals surface area (Å²) in [7, 11) is 0. The molecule has 2 aliphatic carbocycles. The third-order valence-corrected chi connectivity index (χ3v) is 7.15. The fourth-order valence-corrected chi connectivity index (χ4v) is 5.53. The lowest BCUT2D eigenvalue weighted by Crippen LogP contribution is -2.31. The standard InChI is InChI=1S/C23H26F2N6O4S/c1-23(2)34-18-15(9-16(19(18)35-23)33-6-5-32)31-21-17(29-30-31)20(27-22(36)28-21)26-14-8-11(14)10-3-4-12(24)13(25)7-10/h3-4,7,11,14-16,18-19,32H,5-6,8-9H2,1-2H3,(H2,26,27,28,36)/t11-,14+,15+,16-,18-,19+/m0/s1. The maximum atomic E-state index is 13.7. The summed E-state index contributed by atoms with van der Waals surface area (Å²) in [6.07, 6.45) is 0.341. The zero-order valence-electron chi connectivity index (χ0n) is 19.6. The minimum absolute atomic E-state index is 0.00394. The van der Waals surface area contributed by atoms with Crippen molar-refractivity contribution in [3.05, 3.63) is 40.2 Å². The molecule has 36 heavy (non-hydrogen) atoms. The van der Waals surface area contributed by atoms with Gasteiger partial charge in [0, 0.05) is 18.4 Å². The molecule has 3 N–H and O–H groups in total. The van der Waals surface area contributed by atoms with E-state index in [1.165, 1.54) is 6.07 Å². The highest BCUT2D eigenvalue weighted by molar-refractivity contribution is 7.71. The van der Waals surface area contributed by atoms with E-state index in [-0.39, 0.29) is 54.3 Å². The molecule has 1 saturated heterocycles. The molecule has 1 aliphatic heterocycles. The maximum Gasteiger partial charge on any atom is 0.200 e. The summed E-state index contributed by atoms with van der Waals surface area (Å²) in [5, 5.41) is 21.4. The van der Waals surface area contributed by atoms with Crippen molar-refractivity contribution >= 4 is 29.2 Å². The minimum atomic E-state index is -0.862. The van der Waals surface area contributed by atoms with Crippen LogP contribution in [0.3, 0.4) is 0 Å². The molecule has 13 heteroatoms. The zero-order chi connectivity index (χ0) is 25.2. The monoisotopic (exact) mass is 520 g/mol. The van der Waals surface area contributed by atoms with Gasteiger partial charge >= 0.3 is 0 Å². The summed E-state index contributed by atoms with van der Waals surface area (Å²) in [5.74, 6) is -1.91. The Morgan fingerprint density at radius 3 is 2.83 bits per heavy atom. The number of nitrogens with zero attached hydrogens (tertiary/aromatic N) is 4. The van der Waals surface area contributed by atoms with Crippen molar-refractivity contribution in [2.24, 2.45) is 0 Å². The van der Waals surface area contributed by atoms with Crippen LogP contribution in [0, 0.1) is 16.4 Å². The number of halogens is 2. The lowest BCUT2D eigenvalue weighted by Gasteiger charge is -2.23. The van der Waals surface area contributed by atoms with Gasteiger partial charge < -0.3 is 29.6 Å². The number of aromatic nitrogens is 5. The quantitative estimate of drug-likeness (QED) is 0.404. The van der Waals surface area contributed by atoms with Gasteiger partial charge in [-0.1, -0.05) is 11.3 Å². The molecule has 6 rings (SSSR count). The van der Waals surface area contributed by atoms with Crippen LogP contribution < -0.4 is 5.32 Å². The molecular weight excluding hydrogens is 494 g/mol. The summed E-state index contributed by atoms with van der Waals surface area (Å²) in [6.45, 7) is 3.80. The van der Waals surface area contributed by atoms with Crippen LogP contribution in [0.15, 0.2) is 18.2 Å². The fraction of sp³-hybridized carbons (Fsp3) is 0.565. The van der Waals surface area contributed by atoms with Gasteiger partial charge in [0.2, 0.25) is 4.77 Å². The fourth-order valence-electron chi connectivity index (χ4n) is 5.34. The van der Waals surface area contributed by atoms with Gasteiger partial charge in [0.1, 0.15) is 18.0 Å². The highest BCUT2D eigenvalue weighted by Gasteiger charge is 2.56. The van der Waals surface area contributed by atoms with E-state index in [1.54, 1.807) is 10.7 Å². The first-order chi connectivity index (χ1) is 17.2. The number of aliphatic hydroxyl groups excluding tert-OH is 1. The molecule has 10 nitrogen and oxygen atoms in total. The smallest absolute Gasteiger partial charge is 0.200 e. The molecular formula is C23H26F2N6O4S. The van der Waals surface area contributed by atoms with E-state index in [1.807, 2.05) is 13.8 Å². The van der Waals surface area contributed by atoms with Gasteiger partial charge in [0.15, 0.2) is 28.6 Å². The van der Waals surface area contributed by atoms with Crippen LogP contribution in [0.2, 0.25) is 0 Å². The maximum absolute atomic E-state index is 13.7.